The lowest BCUT2D eigenvalue weighted by Crippen LogP contribution is -1.83. The zero-order chi connectivity index (χ0) is 5.28. The quantitative estimate of drug-likeness (QED) is 0.366. The molecule has 1 saturated heterocycles. The van der Waals surface area contributed by atoms with Crippen molar-refractivity contribution in [3.05, 3.63) is 12.3 Å². The van der Waals surface area contributed by atoms with Crippen LogP contribution in [0.15, 0.2) is 17.3 Å². The highest BCUT2D eigenvalue weighted by Gasteiger charge is 2.24. The molecule has 1 aliphatic heterocycles. The number of aliphatic imine (C=N–C) groups is 1. The second-order valence-electron chi connectivity index (χ2n) is 1.47. The van der Waals surface area contributed by atoms with Crippen LogP contribution in [0.4, 0.5) is 0 Å². The van der Waals surface area contributed by atoms with Crippen molar-refractivity contribution in [3.63, 3.8) is 0 Å². The van der Waals surface area contributed by atoms with Crippen LogP contribution in [-0.2, 0) is 4.74 Å². The molecule has 0 N–H and O–H groups in total. The van der Waals surface area contributed by atoms with Gasteiger partial charge in [-0.05, 0) is 6.72 Å². The van der Waals surface area contributed by atoms with E-state index >= 15 is 0 Å². The largest absolute Gasteiger partial charge is 0.366 e. The topological polar surface area (TPSA) is 24.9 Å². The van der Waals surface area contributed by atoms with Crippen molar-refractivity contribution < 1.29 is 4.74 Å². The van der Waals surface area contributed by atoms with Crippen LogP contribution in [0.2, 0.25) is 0 Å². The maximum absolute atomic E-state index is 4.83. The summed E-state index contributed by atoms with van der Waals surface area (Å²) in [5, 5.41) is 0. The second-order valence-corrected chi connectivity index (χ2v) is 1.47. The molecule has 1 fully saturated rings. The summed E-state index contributed by atoms with van der Waals surface area (Å²) in [4.78, 5) is 3.58. The predicted molar refractivity (Wildman–Crippen MR) is 28.4 cm³/mol. The van der Waals surface area contributed by atoms with Crippen LogP contribution in [0.5, 0.6) is 0 Å². The molecule has 7 heavy (non-hydrogen) atoms. The molecule has 1 unspecified atom stereocenters. The highest BCUT2D eigenvalue weighted by Crippen LogP contribution is 2.17. The number of ether oxygens (including phenoxy) is 1. The van der Waals surface area contributed by atoms with Crippen LogP contribution in [0.3, 0.4) is 0 Å². The van der Waals surface area contributed by atoms with Crippen LogP contribution in [0.25, 0.3) is 0 Å². The molecule has 1 atom stereocenters. The molecule has 38 valence electrons. The lowest BCUT2D eigenvalue weighted by atomic mass is 10.4. The Morgan fingerprint density at radius 2 is 2.43 bits per heavy atom. The van der Waals surface area contributed by atoms with Gasteiger partial charge in [0.15, 0.2) is 0 Å². The molecule has 1 heterocycles. The SMILES string of the molecule is C=NC(=C)C1CO1. The molecule has 0 aromatic heterocycles. The van der Waals surface area contributed by atoms with Crippen molar-refractivity contribution in [1.29, 1.82) is 0 Å². The third-order valence-corrected chi connectivity index (χ3v) is 0.908. The van der Waals surface area contributed by atoms with Gasteiger partial charge in [0.2, 0.25) is 0 Å². The smallest absolute Gasteiger partial charge is 0.122 e. The number of rotatable bonds is 2. The molecular formula is C5H7NO. The molecule has 0 spiro atoms. The summed E-state index contributed by atoms with van der Waals surface area (Å²) in [5.41, 5.74) is 0.750. The fraction of sp³-hybridized carbons (Fsp3) is 0.400. The molecule has 0 aromatic carbocycles. The van der Waals surface area contributed by atoms with Gasteiger partial charge in [-0.2, -0.15) is 0 Å². The molecule has 1 aliphatic rings. The number of epoxide rings is 1. The Labute approximate surface area is 42.5 Å². The first-order valence-electron chi connectivity index (χ1n) is 2.11. The van der Waals surface area contributed by atoms with E-state index in [1.165, 1.54) is 0 Å². The Bertz CT molecular complexity index is 105. The zero-order valence-electron chi connectivity index (χ0n) is 4.05. The first-order valence-corrected chi connectivity index (χ1v) is 2.11. The average Bonchev–Trinajstić information content (AvgIpc) is 2.44. The summed E-state index contributed by atoms with van der Waals surface area (Å²) in [6.45, 7) is 7.65. The first kappa shape index (κ1) is 4.53. The standard InChI is InChI=1S/C5H7NO/c1-4(6-2)5-3-7-5/h5H,1-3H2. The van der Waals surface area contributed by atoms with E-state index in [-0.39, 0.29) is 6.10 Å². The van der Waals surface area contributed by atoms with Gasteiger partial charge in [-0.3, -0.25) is 4.99 Å². The van der Waals surface area contributed by atoms with Gasteiger partial charge in [-0.15, -0.1) is 0 Å². The van der Waals surface area contributed by atoms with E-state index in [0.717, 1.165) is 12.3 Å². The summed E-state index contributed by atoms with van der Waals surface area (Å²) in [6.07, 6.45) is 0.192. The summed E-state index contributed by atoms with van der Waals surface area (Å²) in [5.74, 6) is 0. The molecule has 0 aliphatic carbocycles. The predicted octanol–water partition coefficient (Wildman–Crippen LogP) is 0.599. The molecule has 0 amide bonds. The molecule has 2 nitrogen and oxygen atoms in total. The fourth-order valence-corrected chi connectivity index (χ4v) is 0.342. The Morgan fingerprint density at radius 3 is 2.57 bits per heavy atom. The maximum Gasteiger partial charge on any atom is 0.122 e. The highest BCUT2D eigenvalue weighted by molar-refractivity contribution is 5.30. The molecular weight excluding hydrogens is 90.1 g/mol. The van der Waals surface area contributed by atoms with Gasteiger partial charge in [0, 0.05) is 0 Å². The molecule has 0 radical (unpaired) electrons. The molecule has 0 aromatic rings. The summed E-state index contributed by atoms with van der Waals surface area (Å²) in [6, 6.07) is 0. The van der Waals surface area contributed by atoms with Crippen LogP contribution in [-0.4, -0.2) is 19.4 Å². The number of nitrogens with zero attached hydrogens (tertiary/aromatic N) is 1. The van der Waals surface area contributed by atoms with E-state index in [1.807, 2.05) is 0 Å². The lowest BCUT2D eigenvalue weighted by Gasteiger charge is -1.83. The first-order chi connectivity index (χ1) is 3.34. The Hall–Kier alpha value is -0.630. The summed E-state index contributed by atoms with van der Waals surface area (Å²) >= 11 is 0. The molecule has 1 rings (SSSR count). The molecule has 0 saturated carbocycles. The Morgan fingerprint density at radius 1 is 1.86 bits per heavy atom. The van der Waals surface area contributed by atoms with Crippen LogP contribution < -0.4 is 0 Å². The van der Waals surface area contributed by atoms with Gasteiger partial charge in [-0.25, -0.2) is 0 Å². The van der Waals surface area contributed by atoms with Gasteiger partial charge in [0.1, 0.15) is 6.10 Å². The number of hydrogen-bond acceptors (Lipinski definition) is 2. The zero-order valence-corrected chi connectivity index (χ0v) is 4.05. The summed E-state index contributed by atoms with van der Waals surface area (Å²) in [7, 11) is 0. The Balaban J connectivity index is 2.37. The van der Waals surface area contributed by atoms with Crippen molar-refractivity contribution in [2.24, 2.45) is 4.99 Å². The average molecular weight is 97.1 g/mol. The molecule has 2 heteroatoms. The van der Waals surface area contributed by atoms with E-state index < -0.39 is 0 Å². The minimum atomic E-state index is 0.192. The van der Waals surface area contributed by atoms with Crippen molar-refractivity contribution in [2.75, 3.05) is 6.61 Å². The highest BCUT2D eigenvalue weighted by atomic mass is 16.6. The fourth-order valence-electron chi connectivity index (χ4n) is 0.342. The van der Waals surface area contributed by atoms with Crippen molar-refractivity contribution >= 4 is 6.72 Å². The van der Waals surface area contributed by atoms with Crippen LogP contribution >= 0.6 is 0 Å². The van der Waals surface area contributed by atoms with E-state index in [2.05, 4.69) is 18.3 Å². The molecule has 0 bridgehead atoms. The van der Waals surface area contributed by atoms with E-state index in [1.54, 1.807) is 0 Å². The van der Waals surface area contributed by atoms with Gasteiger partial charge < -0.3 is 4.74 Å². The van der Waals surface area contributed by atoms with Gasteiger partial charge in [-0.1, -0.05) is 6.58 Å². The van der Waals surface area contributed by atoms with E-state index in [9.17, 15) is 0 Å². The normalized spacial score (nSPS) is 26.6. The Kier molecular flexibility index (Phi) is 0.947. The van der Waals surface area contributed by atoms with Crippen LogP contribution in [0.1, 0.15) is 0 Å². The minimum Gasteiger partial charge on any atom is -0.366 e. The second kappa shape index (κ2) is 1.46. The monoisotopic (exact) mass is 97.1 g/mol. The van der Waals surface area contributed by atoms with Gasteiger partial charge in [0.25, 0.3) is 0 Å². The summed E-state index contributed by atoms with van der Waals surface area (Å²) < 4.78 is 4.83. The van der Waals surface area contributed by atoms with Crippen molar-refractivity contribution in [2.45, 2.75) is 6.10 Å². The third-order valence-electron chi connectivity index (χ3n) is 0.908. The lowest BCUT2D eigenvalue weighted by molar-refractivity contribution is 0.431. The van der Waals surface area contributed by atoms with Gasteiger partial charge in [0.05, 0.1) is 12.3 Å². The number of hydrogen-bond donors (Lipinski definition) is 0. The van der Waals surface area contributed by atoms with E-state index in [0.29, 0.717) is 0 Å². The van der Waals surface area contributed by atoms with Crippen molar-refractivity contribution in [1.82, 2.24) is 0 Å². The third kappa shape index (κ3) is 0.871. The van der Waals surface area contributed by atoms with Gasteiger partial charge >= 0.3 is 0 Å². The van der Waals surface area contributed by atoms with E-state index in [4.69, 9.17) is 4.74 Å². The van der Waals surface area contributed by atoms with Crippen LogP contribution in [0, 0.1) is 0 Å². The maximum atomic E-state index is 4.83. The minimum absolute atomic E-state index is 0.192. The van der Waals surface area contributed by atoms with Crippen molar-refractivity contribution in [3.8, 4) is 0 Å².